The van der Waals surface area contributed by atoms with Crippen molar-refractivity contribution in [1.29, 1.82) is 0 Å². The van der Waals surface area contributed by atoms with Crippen LogP contribution in [0.4, 0.5) is 0 Å². The molecule has 2 aliphatic rings. The van der Waals surface area contributed by atoms with Crippen LogP contribution in [0.5, 0.6) is 0 Å². The first-order valence-electron chi connectivity index (χ1n) is 13.0. The molecule has 6 nitrogen and oxygen atoms in total. The predicted octanol–water partition coefficient (Wildman–Crippen LogP) is 7.59. The van der Waals surface area contributed by atoms with Crippen LogP contribution in [0.15, 0.2) is 127 Å². The third-order valence-electron chi connectivity index (χ3n) is 6.93. The van der Waals surface area contributed by atoms with Crippen LogP contribution in [-0.4, -0.2) is 21.8 Å². The number of amides is 2. The van der Waals surface area contributed by atoms with E-state index in [2.05, 4.69) is 22.8 Å². The molecule has 2 N–H and O–H groups in total. The predicted molar refractivity (Wildman–Crippen MR) is 170 cm³/mol. The smallest absolute Gasteiger partial charge is 0.258 e. The molecule has 0 saturated carbocycles. The van der Waals surface area contributed by atoms with Crippen LogP contribution in [0.3, 0.4) is 0 Å². The van der Waals surface area contributed by atoms with Crippen LogP contribution in [0.25, 0.3) is 31.8 Å². The van der Waals surface area contributed by atoms with Gasteiger partial charge in [-0.2, -0.15) is 0 Å². The van der Waals surface area contributed by atoms with E-state index in [-0.39, 0.29) is 11.8 Å². The van der Waals surface area contributed by atoms with Crippen LogP contribution >= 0.6 is 46.2 Å². The molecular formula is C32H18N4O2S4. The normalized spacial score (nSPS) is 14.7. The summed E-state index contributed by atoms with van der Waals surface area (Å²) in [6.45, 7) is 0. The summed E-state index contributed by atoms with van der Waals surface area (Å²) in [5.41, 5.74) is 5.37. The van der Waals surface area contributed by atoms with Crippen molar-refractivity contribution in [3.05, 3.63) is 119 Å². The van der Waals surface area contributed by atoms with Crippen LogP contribution in [0, 0.1) is 0 Å². The van der Waals surface area contributed by atoms with Crippen LogP contribution in [-0.2, 0) is 9.59 Å². The molecule has 4 heterocycles. The average Bonchev–Trinajstić information content (AvgIpc) is 3.77. The molecule has 0 saturated heterocycles. The third kappa shape index (κ3) is 4.53. The van der Waals surface area contributed by atoms with Crippen molar-refractivity contribution in [3.8, 4) is 0 Å². The molecule has 0 fully saturated rings. The van der Waals surface area contributed by atoms with Gasteiger partial charge in [-0.3, -0.25) is 9.59 Å². The van der Waals surface area contributed by atoms with Gasteiger partial charge in [0.1, 0.15) is 0 Å². The van der Waals surface area contributed by atoms with Crippen molar-refractivity contribution >= 4 is 89.8 Å². The molecule has 0 bridgehead atoms. The van der Waals surface area contributed by atoms with E-state index in [1.165, 1.54) is 0 Å². The number of thiazole rings is 2. The Morgan fingerprint density at radius 3 is 1.33 bits per heavy atom. The van der Waals surface area contributed by atoms with Gasteiger partial charge in [-0.1, -0.05) is 72.1 Å². The maximum atomic E-state index is 13.1. The minimum Gasteiger partial charge on any atom is -0.321 e. The number of nitrogens with one attached hydrogen (secondary N) is 2. The molecule has 4 aromatic carbocycles. The van der Waals surface area contributed by atoms with E-state index >= 15 is 0 Å². The maximum absolute atomic E-state index is 13.1. The summed E-state index contributed by atoms with van der Waals surface area (Å²) in [6.07, 6.45) is 0. The van der Waals surface area contributed by atoms with Gasteiger partial charge in [0, 0.05) is 9.79 Å². The minimum absolute atomic E-state index is 0.283. The Bertz CT molecular complexity index is 1910. The molecule has 8 rings (SSSR count). The van der Waals surface area contributed by atoms with Crippen molar-refractivity contribution in [2.45, 2.75) is 18.5 Å². The second kappa shape index (κ2) is 10.2. The molecule has 0 aliphatic carbocycles. The topological polar surface area (TPSA) is 84.0 Å². The highest BCUT2D eigenvalue weighted by atomic mass is 32.2. The summed E-state index contributed by atoms with van der Waals surface area (Å²) < 4.78 is 4.24. The highest BCUT2D eigenvalue weighted by Gasteiger charge is 2.40. The molecule has 2 aliphatic heterocycles. The lowest BCUT2D eigenvalue weighted by molar-refractivity contribution is -0.117. The van der Waals surface area contributed by atoms with Gasteiger partial charge in [-0.05, 0) is 59.7 Å². The molecule has 2 amide bonds. The number of carbonyl (C=O) groups excluding carboxylic acids is 2. The number of hydrogen-bond donors (Lipinski definition) is 2. The zero-order chi connectivity index (χ0) is 28.2. The molecular weight excluding hydrogens is 601 g/mol. The fraction of sp³-hybridized carbons (Fsp3) is 0. The highest BCUT2D eigenvalue weighted by Crippen LogP contribution is 2.40. The van der Waals surface area contributed by atoms with E-state index in [9.17, 15) is 9.59 Å². The van der Waals surface area contributed by atoms with Crippen LogP contribution in [0.1, 0.15) is 11.1 Å². The van der Waals surface area contributed by atoms with Crippen LogP contribution in [0.2, 0.25) is 0 Å². The van der Waals surface area contributed by atoms with Gasteiger partial charge in [0.25, 0.3) is 11.8 Å². The quantitative estimate of drug-likeness (QED) is 0.200. The number of aromatic nitrogens is 2. The summed E-state index contributed by atoms with van der Waals surface area (Å²) >= 11 is 6.51. The Hall–Kier alpha value is -4.22. The number of rotatable bonds is 6. The number of benzene rings is 4. The first-order valence-corrected chi connectivity index (χ1v) is 16.2. The van der Waals surface area contributed by atoms with Gasteiger partial charge < -0.3 is 10.6 Å². The van der Waals surface area contributed by atoms with Gasteiger partial charge in [-0.15, -0.1) is 22.7 Å². The standard InChI is InChI=1S/C32H18N4O2S4/c37-29-25-26(28(36-29)18-11-15-20(16-12-18)40-32-34-22-6-2-4-8-24(22)42-32)30(38)35-27(25)17-9-13-19(14-10-17)39-31-33-21-5-1-3-7-23(21)41-31/h1-16H,(H,35,38)(H,36,37). The Morgan fingerprint density at radius 2 is 0.929 bits per heavy atom. The first kappa shape index (κ1) is 25.5. The van der Waals surface area contributed by atoms with Gasteiger partial charge in [0.05, 0.1) is 43.0 Å². The molecule has 202 valence electrons. The van der Waals surface area contributed by atoms with Crippen LogP contribution < -0.4 is 10.6 Å². The number of nitrogens with zero attached hydrogens (tertiary/aromatic N) is 2. The maximum Gasteiger partial charge on any atom is 0.258 e. The lowest BCUT2D eigenvalue weighted by Crippen LogP contribution is -2.21. The lowest BCUT2D eigenvalue weighted by Gasteiger charge is -2.08. The number of carbonyl (C=O) groups is 2. The zero-order valence-electron chi connectivity index (χ0n) is 21.6. The molecule has 0 atom stereocenters. The molecule has 6 aromatic rings. The second-order valence-corrected chi connectivity index (χ2v) is 14.3. The second-order valence-electron chi connectivity index (χ2n) is 9.56. The van der Waals surface area contributed by atoms with Crippen molar-refractivity contribution in [1.82, 2.24) is 20.6 Å². The number of hydrogen-bond acceptors (Lipinski definition) is 8. The Morgan fingerprint density at radius 1 is 0.524 bits per heavy atom. The molecule has 2 aromatic heterocycles. The summed E-state index contributed by atoms with van der Waals surface area (Å²) in [5, 5.41) is 5.88. The van der Waals surface area contributed by atoms with Crippen molar-refractivity contribution in [2.75, 3.05) is 0 Å². The van der Waals surface area contributed by atoms with Gasteiger partial charge in [-0.25, -0.2) is 9.97 Å². The van der Waals surface area contributed by atoms with Crippen molar-refractivity contribution in [2.24, 2.45) is 0 Å². The molecule has 10 heteroatoms. The Balaban J connectivity index is 1.05. The van der Waals surface area contributed by atoms with E-state index < -0.39 is 0 Å². The van der Waals surface area contributed by atoms with E-state index in [1.807, 2.05) is 84.9 Å². The van der Waals surface area contributed by atoms with Crippen molar-refractivity contribution < 1.29 is 9.59 Å². The molecule has 0 unspecified atom stereocenters. The summed E-state index contributed by atoms with van der Waals surface area (Å²) in [7, 11) is 0. The minimum atomic E-state index is -0.283. The van der Waals surface area contributed by atoms with E-state index in [0.29, 0.717) is 22.5 Å². The summed E-state index contributed by atoms with van der Waals surface area (Å²) in [6, 6.07) is 31.9. The van der Waals surface area contributed by atoms with Crippen molar-refractivity contribution in [3.63, 3.8) is 0 Å². The molecule has 42 heavy (non-hydrogen) atoms. The zero-order valence-corrected chi connectivity index (χ0v) is 24.8. The number of para-hydroxylation sites is 2. The Kier molecular flexibility index (Phi) is 6.22. The SMILES string of the molecule is O=C1NC(c2ccc(Sc3nc4ccccc4s3)cc2)=C2C(=O)NC(c3ccc(Sc4nc5ccccc5s4)cc3)=C12. The summed E-state index contributed by atoms with van der Waals surface area (Å²) in [4.78, 5) is 37.7. The average molecular weight is 619 g/mol. The lowest BCUT2D eigenvalue weighted by atomic mass is 10.0. The van der Waals surface area contributed by atoms with E-state index in [1.54, 1.807) is 46.2 Å². The summed E-state index contributed by atoms with van der Waals surface area (Å²) in [5.74, 6) is -0.566. The number of fused-ring (bicyclic) bond motifs is 3. The fourth-order valence-corrected chi connectivity index (χ4v) is 9.06. The van der Waals surface area contributed by atoms with Gasteiger partial charge in [0.15, 0.2) is 8.68 Å². The fourth-order valence-electron chi connectivity index (χ4n) is 4.98. The monoisotopic (exact) mass is 618 g/mol. The van der Waals surface area contributed by atoms with Gasteiger partial charge in [0.2, 0.25) is 0 Å². The van der Waals surface area contributed by atoms with E-state index in [0.717, 1.165) is 50.0 Å². The Labute approximate surface area is 256 Å². The highest BCUT2D eigenvalue weighted by molar-refractivity contribution is 8.01. The first-order chi connectivity index (χ1) is 20.6. The molecule has 0 spiro atoms. The largest absolute Gasteiger partial charge is 0.321 e. The third-order valence-corrected chi connectivity index (χ3v) is 11.1. The molecule has 0 radical (unpaired) electrons. The van der Waals surface area contributed by atoms with E-state index in [4.69, 9.17) is 9.97 Å². The van der Waals surface area contributed by atoms with Gasteiger partial charge >= 0.3 is 0 Å².